The van der Waals surface area contributed by atoms with Gasteiger partial charge in [0, 0.05) is 38.3 Å². The van der Waals surface area contributed by atoms with E-state index in [2.05, 4.69) is 21.9 Å². The van der Waals surface area contributed by atoms with Crippen molar-refractivity contribution in [1.29, 1.82) is 0 Å². The molecule has 0 spiro atoms. The van der Waals surface area contributed by atoms with Crippen LogP contribution in [-0.2, 0) is 14.8 Å². The Morgan fingerprint density at radius 1 is 1.14 bits per heavy atom. The van der Waals surface area contributed by atoms with Gasteiger partial charge in [-0.05, 0) is 31.4 Å². The van der Waals surface area contributed by atoms with E-state index in [1.54, 1.807) is 30.2 Å². The predicted molar refractivity (Wildman–Crippen MR) is 103 cm³/mol. The third-order valence-corrected chi connectivity index (χ3v) is 7.42. The molecule has 9 heteroatoms. The molecule has 4 rings (SSSR count). The number of carbonyl (C=O) groups is 1. The van der Waals surface area contributed by atoms with Crippen molar-refractivity contribution in [1.82, 2.24) is 24.2 Å². The molecule has 1 amide bonds. The quantitative estimate of drug-likeness (QED) is 0.767. The minimum atomic E-state index is -3.71. The second-order valence-corrected chi connectivity index (χ2v) is 9.31. The predicted octanol–water partition coefficient (Wildman–Crippen LogP) is 1.34. The summed E-state index contributed by atoms with van der Waals surface area (Å²) in [6.07, 6.45) is 3.93. The fraction of sp³-hybridized carbons (Fsp3) is 0.474. The molecule has 1 aliphatic carbocycles. The number of sulfonamides is 1. The van der Waals surface area contributed by atoms with Crippen molar-refractivity contribution in [3.63, 3.8) is 0 Å². The summed E-state index contributed by atoms with van der Waals surface area (Å²) in [5.41, 5.74) is 0.983. The van der Waals surface area contributed by atoms with E-state index in [0.717, 1.165) is 6.42 Å². The normalized spacial score (nSPS) is 22.9. The van der Waals surface area contributed by atoms with E-state index >= 15 is 0 Å². The van der Waals surface area contributed by atoms with Gasteiger partial charge in [-0.15, -0.1) is 0 Å². The number of hydrogen-bond donors (Lipinski definition) is 0. The molecule has 0 N–H and O–H groups in total. The summed E-state index contributed by atoms with van der Waals surface area (Å²) in [6.45, 7) is 5.16. The lowest BCUT2D eigenvalue weighted by Gasteiger charge is -2.34. The lowest BCUT2D eigenvalue weighted by Crippen LogP contribution is -2.51. The topological polar surface area (TPSA) is 96.4 Å². The van der Waals surface area contributed by atoms with Crippen molar-refractivity contribution in [3.05, 3.63) is 36.3 Å². The van der Waals surface area contributed by atoms with Gasteiger partial charge in [0.05, 0.1) is 11.9 Å². The molecular weight excluding hydrogens is 378 g/mol. The summed E-state index contributed by atoms with van der Waals surface area (Å²) in [4.78, 5) is 27.0. The van der Waals surface area contributed by atoms with Crippen molar-refractivity contribution >= 4 is 15.9 Å². The Morgan fingerprint density at radius 3 is 2.43 bits per heavy atom. The van der Waals surface area contributed by atoms with Gasteiger partial charge in [-0.25, -0.2) is 18.4 Å². The van der Waals surface area contributed by atoms with Gasteiger partial charge in [0.15, 0.2) is 5.82 Å². The maximum Gasteiger partial charge on any atom is 0.246 e. The third kappa shape index (κ3) is 3.51. The Morgan fingerprint density at radius 2 is 1.86 bits per heavy atom. The van der Waals surface area contributed by atoms with E-state index in [1.807, 2.05) is 6.07 Å². The third-order valence-electron chi connectivity index (χ3n) is 5.42. The first-order chi connectivity index (χ1) is 13.4. The fourth-order valence-electron chi connectivity index (χ4n) is 3.52. The van der Waals surface area contributed by atoms with Gasteiger partial charge in [-0.2, -0.15) is 4.31 Å². The highest BCUT2D eigenvalue weighted by Crippen LogP contribution is 2.39. The van der Waals surface area contributed by atoms with Gasteiger partial charge in [0.25, 0.3) is 0 Å². The van der Waals surface area contributed by atoms with Crippen LogP contribution in [0.3, 0.4) is 0 Å². The van der Waals surface area contributed by atoms with Crippen molar-refractivity contribution in [2.24, 2.45) is 11.8 Å². The largest absolute Gasteiger partial charge is 0.340 e. The smallest absolute Gasteiger partial charge is 0.246 e. The molecule has 0 bridgehead atoms. The average Bonchev–Trinajstić information content (AvgIpc) is 3.44. The lowest BCUT2D eigenvalue weighted by molar-refractivity contribution is -0.134. The Labute approximate surface area is 164 Å². The zero-order valence-electron chi connectivity index (χ0n) is 15.9. The zero-order valence-corrected chi connectivity index (χ0v) is 16.8. The van der Waals surface area contributed by atoms with Crippen LogP contribution in [0.5, 0.6) is 0 Å². The van der Waals surface area contributed by atoms with Crippen LogP contribution in [0.25, 0.3) is 11.5 Å². The number of hydrogen-bond acceptors (Lipinski definition) is 6. The Bertz CT molecular complexity index is 988. The minimum absolute atomic E-state index is 0.0998. The molecule has 0 aromatic carbocycles. The summed E-state index contributed by atoms with van der Waals surface area (Å²) in [5, 5.41) is 0. The van der Waals surface area contributed by atoms with E-state index in [1.165, 1.54) is 10.5 Å². The summed E-state index contributed by atoms with van der Waals surface area (Å²) in [6, 6.07) is 5.40. The molecule has 2 atom stereocenters. The zero-order chi connectivity index (χ0) is 19.9. The van der Waals surface area contributed by atoms with E-state index in [4.69, 9.17) is 0 Å². The fourth-order valence-corrected chi connectivity index (χ4v) is 5.04. The number of aryl methyl sites for hydroxylation is 1. The first-order valence-electron chi connectivity index (χ1n) is 9.42. The standard InChI is InChI=1S/C19H23N5O3S/c1-13-11-15(13)19(25)23-7-9-24(10-8-23)28(26,27)17-12-21-18(22-14(17)2)16-5-3-4-6-20-16/h3-6,12-13,15H,7-11H2,1-2H3. The summed E-state index contributed by atoms with van der Waals surface area (Å²) in [7, 11) is -3.71. The summed E-state index contributed by atoms with van der Waals surface area (Å²) >= 11 is 0. The summed E-state index contributed by atoms with van der Waals surface area (Å²) < 4.78 is 27.5. The maximum atomic E-state index is 13.1. The molecule has 148 valence electrons. The van der Waals surface area contributed by atoms with E-state index < -0.39 is 10.0 Å². The van der Waals surface area contributed by atoms with Crippen molar-refractivity contribution in [2.45, 2.75) is 25.2 Å². The van der Waals surface area contributed by atoms with Crippen LogP contribution in [0.2, 0.25) is 0 Å². The highest BCUT2D eigenvalue weighted by molar-refractivity contribution is 7.89. The molecule has 1 aliphatic heterocycles. The number of amides is 1. The van der Waals surface area contributed by atoms with Crippen molar-refractivity contribution < 1.29 is 13.2 Å². The van der Waals surface area contributed by atoms with Gasteiger partial charge in [0.2, 0.25) is 15.9 Å². The maximum absolute atomic E-state index is 13.1. The van der Waals surface area contributed by atoms with E-state index in [-0.39, 0.29) is 29.8 Å². The first-order valence-corrected chi connectivity index (χ1v) is 10.9. The van der Waals surface area contributed by atoms with Gasteiger partial charge in [-0.1, -0.05) is 13.0 Å². The van der Waals surface area contributed by atoms with Crippen LogP contribution in [0, 0.1) is 18.8 Å². The number of piperazine rings is 1. The summed E-state index contributed by atoms with van der Waals surface area (Å²) in [5.74, 6) is 1.12. The molecule has 1 saturated heterocycles. The van der Waals surface area contributed by atoms with Crippen LogP contribution in [0.15, 0.2) is 35.5 Å². The van der Waals surface area contributed by atoms with Crippen LogP contribution in [0.1, 0.15) is 19.0 Å². The van der Waals surface area contributed by atoms with Crippen LogP contribution in [-0.4, -0.2) is 64.7 Å². The number of pyridine rings is 1. The molecule has 28 heavy (non-hydrogen) atoms. The van der Waals surface area contributed by atoms with E-state index in [0.29, 0.717) is 36.2 Å². The molecule has 1 saturated carbocycles. The van der Waals surface area contributed by atoms with E-state index in [9.17, 15) is 13.2 Å². The number of rotatable bonds is 4. The molecule has 2 aromatic rings. The van der Waals surface area contributed by atoms with Crippen LogP contribution >= 0.6 is 0 Å². The molecule has 0 radical (unpaired) electrons. The average molecular weight is 401 g/mol. The SMILES string of the molecule is Cc1nc(-c2ccccn2)ncc1S(=O)(=O)N1CCN(C(=O)C2CC2C)CC1. The Kier molecular flexibility index (Phi) is 4.88. The molecule has 8 nitrogen and oxygen atoms in total. The molecule has 2 aliphatic rings. The molecule has 3 heterocycles. The first kappa shape index (κ1) is 18.9. The second kappa shape index (κ2) is 7.21. The van der Waals surface area contributed by atoms with Crippen molar-refractivity contribution in [2.75, 3.05) is 26.2 Å². The van der Waals surface area contributed by atoms with Gasteiger partial charge >= 0.3 is 0 Å². The van der Waals surface area contributed by atoms with Gasteiger partial charge in [-0.3, -0.25) is 9.78 Å². The van der Waals surface area contributed by atoms with Crippen LogP contribution in [0.4, 0.5) is 0 Å². The number of carbonyl (C=O) groups excluding carboxylic acids is 1. The number of aromatic nitrogens is 3. The molecule has 2 unspecified atom stereocenters. The molecular formula is C19H23N5O3S. The Hall–Kier alpha value is -2.39. The lowest BCUT2D eigenvalue weighted by atomic mass is 10.2. The monoisotopic (exact) mass is 401 g/mol. The highest BCUT2D eigenvalue weighted by Gasteiger charge is 2.42. The van der Waals surface area contributed by atoms with Gasteiger partial charge < -0.3 is 4.90 Å². The molecule has 2 aromatic heterocycles. The van der Waals surface area contributed by atoms with Crippen molar-refractivity contribution in [3.8, 4) is 11.5 Å². The second-order valence-electron chi connectivity index (χ2n) is 7.41. The highest BCUT2D eigenvalue weighted by atomic mass is 32.2. The number of nitrogens with zero attached hydrogens (tertiary/aromatic N) is 5. The van der Waals surface area contributed by atoms with Crippen LogP contribution < -0.4 is 0 Å². The minimum Gasteiger partial charge on any atom is -0.340 e. The Balaban J connectivity index is 1.49. The molecule has 2 fully saturated rings. The van der Waals surface area contributed by atoms with Gasteiger partial charge in [0.1, 0.15) is 10.6 Å².